The molecule has 0 aliphatic heterocycles. The summed E-state index contributed by atoms with van der Waals surface area (Å²) in [6, 6.07) is 6.17. The van der Waals surface area contributed by atoms with Crippen LogP contribution in [-0.2, 0) is 4.79 Å². The van der Waals surface area contributed by atoms with Crippen LogP contribution in [0.4, 0.5) is 4.39 Å². The molecule has 0 saturated carbocycles. The molecule has 1 rings (SSSR count). The van der Waals surface area contributed by atoms with E-state index in [9.17, 15) is 9.18 Å². The van der Waals surface area contributed by atoms with E-state index in [2.05, 4.69) is 5.32 Å². The van der Waals surface area contributed by atoms with Gasteiger partial charge >= 0.3 is 5.97 Å². The zero-order chi connectivity index (χ0) is 11.8. The number of carbonyl (C=O) groups is 1. The van der Waals surface area contributed by atoms with Crippen LogP contribution in [0.2, 0.25) is 0 Å². The van der Waals surface area contributed by atoms with Crippen LogP contribution in [0.1, 0.15) is 12.0 Å². The number of carboxylic acids is 1. The van der Waals surface area contributed by atoms with Crippen LogP contribution in [0.5, 0.6) is 0 Å². The molecule has 0 radical (unpaired) electrons. The van der Waals surface area contributed by atoms with Crippen molar-refractivity contribution in [3.8, 4) is 0 Å². The predicted octanol–water partition coefficient (Wildman–Crippen LogP) is 1.90. The number of carboxylic acid groups (broad SMARTS) is 1. The Bertz CT molecular complexity index is 360. The highest BCUT2D eigenvalue weighted by molar-refractivity contribution is 5.66. The summed E-state index contributed by atoms with van der Waals surface area (Å²) in [7, 11) is 0. The van der Waals surface area contributed by atoms with Crippen LogP contribution < -0.4 is 5.32 Å². The molecule has 0 aliphatic carbocycles. The van der Waals surface area contributed by atoms with Crippen LogP contribution in [-0.4, -0.2) is 24.2 Å². The van der Waals surface area contributed by atoms with Crippen molar-refractivity contribution in [1.82, 2.24) is 5.32 Å². The second-order valence-electron chi connectivity index (χ2n) is 3.30. The lowest BCUT2D eigenvalue weighted by atomic mass is 10.2. The van der Waals surface area contributed by atoms with E-state index in [1.807, 2.05) is 12.2 Å². The minimum absolute atomic E-state index is 0.115. The number of hydrogen-bond donors (Lipinski definition) is 2. The molecule has 1 aromatic rings. The maximum absolute atomic E-state index is 12.6. The van der Waals surface area contributed by atoms with Gasteiger partial charge in [0.05, 0.1) is 6.42 Å². The number of hydrogen-bond acceptors (Lipinski definition) is 2. The molecule has 0 saturated heterocycles. The van der Waals surface area contributed by atoms with Crippen LogP contribution in [0.15, 0.2) is 30.3 Å². The van der Waals surface area contributed by atoms with E-state index in [1.54, 1.807) is 12.1 Å². The molecular weight excluding hydrogens is 209 g/mol. The van der Waals surface area contributed by atoms with Crippen LogP contribution in [0, 0.1) is 5.82 Å². The molecule has 1 aromatic carbocycles. The van der Waals surface area contributed by atoms with Gasteiger partial charge in [-0.1, -0.05) is 24.3 Å². The van der Waals surface area contributed by atoms with Gasteiger partial charge in [-0.2, -0.15) is 0 Å². The Balaban J connectivity index is 2.22. The molecule has 2 N–H and O–H groups in total. The van der Waals surface area contributed by atoms with Crippen molar-refractivity contribution in [2.75, 3.05) is 13.1 Å². The van der Waals surface area contributed by atoms with Crippen molar-refractivity contribution in [2.24, 2.45) is 0 Å². The van der Waals surface area contributed by atoms with Crippen molar-refractivity contribution >= 4 is 12.0 Å². The first-order valence-electron chi connectivity index (χ1n) is 5.03. The molecule has 0 atom stereocenters. The van der Waals surface area contributed by atoms with E-state index >= 15 is 0 Å². The Kier molecular flexibility index (Phi) is 5.22. The summed E-state index contributed by atoms with van der Waals surface area (Å²) in [6.45, 7) is 1.05. The van der Waals surface area contributed by atoms with E-state index in [0.29, 0.717) is 13.1 Å². The SMILES string of the molecule is O=C(O)CCNC/C=C/c1ccc(F)cc1. The standard InChI is InChI=1S/C12H14FNO2/c13-11-5-3-10(4-6-11)2-1-8-14-9-7-12(15)16/h1-6,14H,7-9H2,(H,15,16)/b2-1+. The summed E-state index contributed by atoms with van der Waals surface area (Å²) < 4.78 is 12.6. The first kappa shape index (κ1) is 12.4. The molecule has 0 aliphatic rings. The Hall–Kier alpha value is -1.68. The molecule has 0 fully saturated rings. The number of nitrogens with one attached hydrogen (secondary N) is 1. The molecule has 0 aromatic heterocycles. The third-order valence-electron chi connectivity index (χ3n) is 1.96. The monoisotopic (exact) mass is 223 g/mol. The van der Waals surface area contributed by atoms with Gasteiger partial charge in [0.2, 0.25) is 0 Å². The fourth-order valence-corrected chi connectivity index (χ4v) is 1.15. The Morgan fingerprint density at radius 2 is 2.06 bits per heavy atom. The molecular formula is C12H14FNO2. The maximum atomic E-state index is 12.6. The van der Waals surface area contributed by atoms with E-state index in [4.69, 9.17) is 5.11 Å². The maximum Gasteiger partial charge on any atom is 0.304 e. The fraction of sp³-hybridized carbons (Fsp3) is 0.250. The molecule has 0 amide bonds. The minimum atomic E-state index is -0.810. The lowest BCUT2D eigenvalue weighted by Gasteiger charge is -1.97. The van der Waals surface area contributed by atoms with Gasteiger partial charge in [0.1, 0.15) is 5.82 Å². The summed E-state index contributed by atoms with van der Waals surface area (Å²) in [5, 5.41) is 11.3. The average Bonchev–Trinajstić information content (AvgIpc) is 2.25. The van der Waals surface area contributed by atoms with E-state index < -0.39 is 5.97 Å². The molecule has 4 heteroatoms. The van der Waals surface area contributed by atoms with E-state index in [-0.39, 0.29) is 12.2 Å². The van der Waals surface area contributed by atoms with Crippen molar-refractivity contribution in [1.29, 1.82) is 0 Å². The molecule has 0 spiro atoms. The third kappa shape index (κ3) is 5.26. The summed E-state index contributed by atoms with van der Waals surface area (Å²) in [6.07, 6.45) is 3.84. The van der Waals surface area contributed by atoms with Crippen LogP contribution in [0.25, 0.3) is 6.08 Å². The first-order chi connectivity index (χ1) is 7.68. The number of halogens is 1. The van der Waals surface area contributed by atoms with Gasteiger partial charge in [0, 0.05) is 13.1 Å². The van der Waals surface area contributed by atoms with Gasteiger partial charge in [-0.05, 0) is 17.7 Å². The zero-order valence-electron chi connectivity index (χ0n) is 8.82. The number of rotatable bonds is 6. The molecule has 0 unspecified atom stereocenters. The summed E-state index contributed by atoms with van der Waals surface area (Å²) in [4.78, 5) is 10.2. The van der Waals surface area contributed by atoms with Crippen LogP contribution >= 0.6 is 0 Å². The topological polar surface area (TPSA) is 49.3 Å². The van der Waals surface area contributed by atoms with Gasteiger partial charge in [-0.25, -0.2) is 4.39 Å². The smallest absolute Gasteiger partial charge is 0.304 e. The zero-order valence-corrected chi connectivity index (χ0v) is 8.82. The quantitative estimate of drug-likeness (QED) is 0.724. The second-order valence-corrected chi connectivity index (χ2v) is 3.30. The summed E-state index contributed by atoms with van der Waals surface area (Å²) in [5.41, 5.74) is 0.918. The van der Waals surface area contributed by atoms with Gasteiger partial charge in [-0.3, -0.25) is 4.79 Å². The van der Waals surface area contributed by atoms with Crippen molar-refractivity contribution in [2.45, 2.75) is 6.42 Å². The van der Waals surface area contributed by atoms with Crippen molar-refractivity contribution in [3.05, 3.63) is 41.7 Å². The lowest BCUT2D eigenvalue weighted by molar-refractivity contribution is -0.136. The predicted molar refractivity (Wildman–Crippen MR) is 60.6 cm³/mol. The second kappa shape index (κ2) is 6.74. The lowest BCUT2D eigenvalue weighted by Crippen LogP contribution is -2.17. The Morgan fingerprint density at radius 1 is 1.38 bits per heavy atom. The number of aliphatic carboxylic acids is 1. The van der Waals surface area contributed by atoms with Gasteiger partial charge in [0.15, 0.2) is 0 Å². The van der Waals surface area contributed by atoms with E-state index in [1.165, 1.54) is 12.1 Å². The molecule has 3 nitrogen and oxygen atoms in total. The summed E-state index contributed by atoms with van der Waals surface area (Å²) in [5.74, 6) is -1.06. The highest BCUT2D eigenvalue weighted by Crippen LogP contribution is 2.03. The van der Waals surface area contributed by atoms with Crippen molar-refractivity contribution in [3.63, 3.8) is 0 Å². The highest BCUT2D eigenvalue weighted by atomic mass is 19.1. The molecule has 86 valence electrons. The Morgan fingerprint density at radius 3 is 2.69 bits per heavy atom. The van der Waals surface area contributed by atoms with E-state index in [0.717, 1.165) is 5.56 Å². The highest BCUT2D eigenvalue weighted by Gasteiger charge is 1.93. The molecule has 0 heterocycles. The van der Waals surface area contributed by atoms with Gasteiger partial charge < -0.3 is 10.4 Å². The van der Waals surface area contributed by atoms with Crippen LogP contribution in [0.3, 0.4) is 0 Å². The normalized spacial score (nSPS) is 10.8. The fourth-order valence-electron chi connectivity index (χ4n) is 1.15. The van der Waals surface area contributed by atoms with Gasteiger partial charge in [0.25, 0.3) is 0 Å². The average molecular weight is 223 g/mol. The summed E-state index contributed by atoms with van der Waals surface area (Å²) >= 11 is 0. The first-order valence-corrected chi connectivity index (χ1v) is 5.03. The minimum Gasteiger partial charge on any atom is -0.481 e. The molecule has 0 bridgehead atoms. The van der Waals surface area contributed by atoms with Gasteiger partial charge in [-0.15, -0.1) is 0 Å². The molecule has 16 heavy (non-hydrogen) atoms. The largest absolute Gasteiger partial charge is 0.481 e. The number of benzene rings is 1. The Labute approximate surface area is 93.6 Å². The van der Waals surface area contributed by atoms with Crippen molar-refractivity contribution < 1.29 is 14.3 Å². The third-order valence-corrected chi connectivity index (χ3v) is 1.96.